The van der Waals surface area contributed by atoms with Gasteiger partial charge >= 0.3 is 0 Å². The van der Waals surface area contributed by atoms with E-state index in [0.29, 0.717) is 18.4 Å². The number of anilines is 2. The van der Waals surface area contributed by atoms with Gasteiger partial charge in [0.2, 0.25) is 5.89 Å². The summed E-state index contributed by atoms with van der Waals surface area (Å²) in [4.78, 5) is 15.7. The highest BCUT2D eigenvalue weighted by molar-refractivity contribution is 5.38. The van der Waals surface area contributed by atoms with Crippen molar-refractivity contribution in [3.8, 4) is 0 Å². The summed E-state index contributed by atoms with van der Waals surface area (Å²) in [5.41, 5.74) is 0. The minimum atomic E-state index is -0.409. The van der Waals surface area contributed by atoms with Crippen molar-refractivity contribution < 1.29 is 9.63 Å². The van der Waals surface area contributed by atoms with Crippen LogP contribution >= 0.6 is 0 Å². The SMILES string of the molecule is CCCc1nc(N2CC[C@H](N3CCN(c4ccccn4)CC3)[C@@H](O)C2)no1. The first kappa shape index (κ1) is 18.2. The summed E-state index contributed by atoms with van der Waals surface area (Å²) in [6.45, 7) is 7.25. The van der Waals surface area contributed by atoms with E-state index < -0.39 is 6.10 Å². The molecule has 8 heteroatoms. The van der Waals surface area contributed by atoms with Gasteiger partial charge in [0.05, 0.1) is 6.10 Å². The van der Waals surface area contributed by atoms with Crippen LogP contribution in [0.4, 0.5) is 11.8 Å². The molecule has 0 aromatic carbocycles. The van der Waals surface area contributed by atoms with Crippen LogP contribution in [0.2, 0.25) is 0 Å². The summed E-state index contributed by atoms with van der Waals surface area (Å²) >= 11 is 0. The number of aryl methyl sites for hydroxylation is 1. The number of hydrogen-bond acceptors (Lipinski definition) is 8. The molecule has 0 bridgehead atoms. The molecular weight excluding hydrogens is 344 g/mol. The van der Waals surface area contributed by atoms with Crippen LogP contribution in [0.15, 0.2) is 28.9 Å². The fraction of sp³-hybridized carbons (Fsp3) is 0.632. The number of rotatable bonds is 5. The Kier molecular flexibility index (Phi) is 5.54. The second-order valence-corrected chi connectivity index (χ2v) is 7.32. The van der Waals surface area contributed by atoms with Gasteiger partial charge in [-0.2, -0.15) is 4.98 Å². The first-order valence-electron chi connectivity index (χ1n) is 9.90. The van der Waals surface area contributed by atoms with Crippen molar-refractivity contribution in [2.24, 2.45) is 0 Å². The van der Waals surface area contributed by atoms with E-state index >= 15 is 0 Å². The molecule has 2 aromatic rings. The Morgan fingerprint density at radius 1 is 1.15 bits per heavy atom. The maximum atomic E-state index is 10.8. The number of hydrogen-bond donors (Lipinski definition) is 1. The lowest BCUT2D eigenvalue weighted by Crippen LogP contribution is -2.59. The third-order valence-electron chi connectivity index (χ3n) is 5.51. The predicted molar refractivity (Wildman–Crippen MR) is 103 cm³/mol. The second kappa shape index (κ2) is 8.22. The van der Waals surface area contributed by atoms with Crippen molar-refractivity contribution >= 4 is 11.8 Å². The van der Waals surface area contributed by atoms with Gasteiger partial charge in [-0.25, -0.2) is 4.98 Å². The van der Waals surface area contributed by atoms with Gasteiger partial charge in [0.25, 0.3) is 5.95 Å². The Balaban J connectivity index is 1.31. The molecule has 8 nitrogen and oxygen atoms in total. The zero-order valence-corrected chi connectivity index (χ0v) is 15.9. The number of piperidine rings is 1. The molecule has 2 aliphatic rings. The fourth-order valence-electron chi connectivity index (χ4n) is 4.04. The molecule has 2 aromatic heterocycles. The highest BCUT2D eigenvalue weighted by atomic mass is 16.5. The standard InChI is InChI=1S/C19H28N6O2/c1-2-5-18-21-19(22-27-18)25-9-7-15(16(26)14-25)23-10-12-24(13-11-23)17-6-3-4-8-20-17/h3-4,6,8,15-16,26H,2,5,7,9-14H2,1H3/t15-,16-/m0/s1. The van der Waals surface area contributed by atoms with Crippen LogP contribution in [0.25, 0.3) is 0 Å². The van der Waals surface area contributed by atoms with E-state index in [1.54, 1.807) is 0 Å². The Bertz CT molecular complexity index is 716. The van der Waals surface area contributed by atoms with Gasteiger partial charge in [-0.05, 0) is 30.1 Å². The first-order valence-corrected chi connectivity index (χ1v) is 9.90. The van der Waals surface area contributed by atoms with Crippen molar-refractivity contribution in [2.45, 2.75) is 38.3 Å². The maximum Gasteiger partial charge on any atom is 0.266 e. The molecule has 0 amide bonds. The van der Waals surface area contributed by atoms with Crippen LogP contribution in [0.5, 0.6) is 0 Å². The lowest BCUT2D eigenvalue weighted by Gasteiger charge is -2.45. The van der Waals surface area contributed by atoms with Gasteiger partial charge < -0.3 is 19.4 Å². The number of aliphatic hydroxyl groups excluding tert-OH is 1. The topological polar surface area (TPSA) is 81.8 Å². The number of β-amino-alcohol motifs (C(OH)–C–C–N with tert-alkyl or cyclic N) is 1. The maximum absolute atomic E-state index is 10.8. The second-order valence-electron chi connectivity index (χ2n) is 7.32. The molecular formula is C19H28N6O2. The van der Waals surface area contributed by atoms with Gasteiger partial charge in [0.1, 0.15) is 5.82 Å². The molecule has 0 aliphatic carbocycles. The molecule has 4 heterocycles. The van der Waals surface area contributed by atoms with Crippen LogP contribution < -0.4 is 9.80 Å². The average Bonchev–Trinajstić information content (AvgIpc) is 3.18. The quantitative estimate of drug-likeness (QED) is 0.838. The summed E-state index contributed by atoms with van der Waals surface area (Å²) in [6, 6.07) is 6.21. The molecule has 2 fully saturated rings. The highest BCUT2D eigenvalue weighted by Crippen LogP contribution is 2.23. The van der Waals surface area contributed by atoms with E-state index in [1.807, 2.05) is 23.2 Å². The van der Waals surface area contributed by atoms with Crippen LogP contribution in [-0.2, 0) is 6.42 Å². The number of aliphatic hydroxyl groups is 1. The Morgan fingerprint density at radius 2 is 2.00 bits per heavy atom. The summed E-state index contributed by atoms with van der Waals surface area (Å²) in [5, 5.41) is 14.8. The molecule has 1 N–H and O–H groups in total. The molecule has 146 valence electrons. The zero-order valence-electron chi connectivity index (χ0n) is 15.9. The van der Waals surface area contributed by atoms with Crippen LogP contribution in [0.3, 0.4) is 0 Å². The average molecular weight is 372 g/mol. The van der Waals surface area contributed by atoms with Crippen LogP contribution in [0, 0.1) is 0 Å². The zero-order chi connectivity index (χ0) is 18.6. The molecule has 2 saturated heterocycles. The molecule has 27 heavy (non-hydrogen) atoms. The van der Waals surface area contributed by atoms with Crippen molar-refractivity contribution in [3.63, 3.8) is 0 Å². The molecule has 0 radical (unpaired) electrons. The summed E-state index contributed by atoms with van der Waals surface area (Å²) < 4.78 is 5.28. The Labute approximate surface area is 159 Å². The molecule has 4 rings (SSSR count). The van der Waals surface area contributed by atoms with Gasteiger partial charge in [-0.1, -0.05) is 13.0 Å². The largest absolute Gasteiger partial charge is 0.390 e. The van der Waals surface area contributed by atoms with Crippen LogP contribution in [0.1, 0.15) is 25.7 Å². The summed E-state index contributed by atoms with van der Waals surface area (Å²) in [6.07, 6.45) is 4.12. The third kappa shape index (κ3) is 4.06. The van der Waals surface area contributed by atoms with E-state index in [-0.39, 0.29) is 6.04 Å². The smallest absolute Gasteiger partial charge is 0.266 e. The number of piperazine rings is 1. The first-order chi connectivity index (χ1) is 13.2. The van der Waals surface area contributed by atoms with E-state index in [2.05, 4.69) is 37.9 Å². The van der Waals surface area contributed by atoms with Crippen molar-refractivity contribution in [3.05, 3.63) is 30.3 Å². The summed E-state index contributed by atoms with van der Waals surface area (Å²) in [7, 11) is 0. The van der Waals surface area contributed by atoms with Gasteiger partial charge in [-0.15, -0.1) is 0 Å². The predicted octanol–water partition coefficient (Wildman–Crippen LogP) is 1.18. The monoisotopic (exact) mass is 372 g/mol. The molecule has 2 atom stereocenters. The number of aromatic nitrogens is 3. The lowest BCUT2D eigenvalue weighted by atomic mass is 9.99. The minimum absolute atomic E-state index is 0.189. The Hall–Kier alpha value is -2.19. The van der Waals surface area contributed by atoms with Gasteiger partial charge in [0.15, 0.2) is 0 Å². The molecule has 0 spiro atoms. The van der Waals surface area contributed by atoms with Gasteiger partial charge in [0, 0.05) is 57.9 Å². The molecule has 0 unspecified atom stereocenters. The highest BCUT2D eigenvalue weighted by Gasteiger charge is 2.35. The van der Waals surface area contributed by atoms with Crippen LogP contribution in [-0.4, -0.2) is 76.5 Å². The molecule has 0 saturated carbocycles. The van der Waals surface area contributed by atoms with Crippen molar-refractivity contribution in [1.82, 2.24) is 20.0 Å². The number of nitrogens with zero attached hydrogens (tertiary/aromatic N) is 6. The lowest BCUT2D eigenvalue weighted by molar-refractivity contribution is 0.0334. The van der Waals surface area contributed by atoms with E-state index in [1.165, 1.54) is 0 Å². The van der Waals surface area contributed by atoms with Crippen molar-refractivity contribution in [2.75, 3.05) is 49.1 Å². The minimum Gasteiger partial charge on any atom is -0.390 e. The van der Waals surface area contributed by atoms with E-state index in [9.17, 15) is 5.11 Å². The normalized spacial score (nSPS) is 24.4. The summed E-state index contributed by atoms with van der Waals surface area (Å²) in [5.74, 6) is 2.32. The van der Waals surface area contributed by atoms with Crippen molar-refractivity contribution in [1.29, 1.82) is 0 Å². The van der Waals surface area contributed by atoms with E-state index in [0.717, 1.165) is 57.8 Å². The number of pyridine rings is 1. The van der Waals surface area contributed by atoms with Gasteiger partial charge in [-0.3, -0.25) is 4.90 Å². The third-order valence-corrected chi connectivity index (χ3v) is 5.51. The molecule has 2 aliphatic heterocycles. The Morgan fingerprint density at radius 3 is 2.70 bits per heavy atom. The van der Waals surface area contributed by atoms with E-state index in [4.69, 9.17) is 4.52 Å². The fourth-order valence-corrected chi connectivity index (χ4v) is 4.04.